The van der Waals surface area contributed by atoms with Crippen molar-refractivity contribution in [2.24, 2.45) is 5.92 Å². The van der Waals surface area contributed by atoms with Crippen LogP contribution in [0.3, 0.4) is 0 Å². The Balaban J connectivity index is 0.00000208. The SMILES string of the molecule is CC1=Cc2c(-c3ccccc3)ccc(-c3ccccc3)c2[CH]1[Zr]([CH3])([CH3])(=[SiH2])[CH]1C(C(C)C)=Cc2c(-c3ccccc3)cccc21.Cl.Cl. The first-order chi connectivity index (χ1) is 21.1. The molecule has 0 saturated carbocycles. The van der Waals surface area contributed by atoms with Gasteiger partial charge in [0.05, 0.1) is 0 Å². The fourth-order valence-corrected chi connectivity index (χ4v) is 29.1. The smallest absolute Gasteiger partial charge is 0.147 e. The van der Waals surface area contributed by atoms with Crippen LogP contribution in [0.1, 0.15) is 50.3 Å². The van der Waals surface area contributed by atoms with E-state index < -0.39 is 17.4 Å². The van der Waals surface area contributed by atoms with E-state index >= 15 is 0 Å². The predicted octanol–water partition coefficient (Wildman–Crippen LogP) is 12.1. The molecule has 0 fully saturated rings. The van der Waals surface area contributed by atoms with Gasteiger partial charge in [0, 0.05) is 0 Å². The first kappa shape index (κ1) is 34.6. The van der Waals surface area contributed by atoms with E-state index in [2.05, 4.69) is 170 Å². The first-order valence-corrected chi connectivity index (χ1v) is 29.7. The summed E-state index contributed by atoms with van der Waals surface area (Å²) in [6, 6.07) is 45.0. The fourth-order valence-electron chi connectivity index (χ4n) is 8.62. The van der Waals surface area contributed by atoms with Crippen LogP contribution in [0.2, 0.25) is 9.26 Å². The summed E-state index contributed by atoms with van der Waals surface area (Å²) in [6.07, 6.45) is 5.15. The van der Waals surface area contributed by atoms with Crippen LogP contribution in [-0.2, 0) is 17.4 Å². The third-order valence-electron chi connectivity index (χ3n) is 10.3. The quantitative estimate of drug-likeness (QED) is 0.152. The van der Waals surface area contributed by atoms with Crippen LogP contribution >= 0.6 is 24.8 Å². The van der Waals surface area contributed by atoms with Crippen molar-refractivity contribution in [3.63, 3.8) is 0 Å². The molecule has 234 valence electrons. The molecule has 0 heterocycles. The van der Waals surface area contributed by atoms with E-state index in [-0.39, 0.29) is 24.8 Å². The van der Waals surface area contributed by atoms with Gasteiger partial charge in [0.1, 0.15) is 0 Å². The molecule has 0 N–H and O–H groups in total. The van der Waals surface area contributed by atoms with Gasteiger partial charge in [-0.1, -0.05) is 0 Å². The molecule has 0 spiro atoms. The monoisotopic (exact) mass is 736 g/mol. The van der Waals surface area contributed by atoms with Crippen LogP contribution in [0.25, 0.3) is 45.5 Å². The van der Waals surface area contributed by atoms with Crippen molar-refractivity contribution < 1.29 is 17.4 Å². The van der Waals surface area contributed by atoms with Gasteiger partial charge >= 0.3 is 268 Å². The third-order valence-corrected chi connectivity index (χ3v) is 27.9. The van der Waals surface area contributed by atoms with Gasteiger partial charge in [0.25, 0.3) is 0 Å². The van der Waals surface area contributed by atoms with Crippen molar-refractivity contribution in [3.8, 4) is 33.4 Å². The van der Waals surface area contributed by atoms with Crippen LogP contribution in [0.4, 0.5) is 0 Å². The van der Waals surface area contributed by atoms with Crippen LogP contribution < -0.4 is 0 Å². The minimum atomic E-state index is -3.79. The van der Waals surface area contributed by atoms with Gasteiger partial charge in [0.2, 0.25) is 0 Å². The Labute approximate surface area is 290 Å². The largest absolute Gasteiger partial charge is 0.147 e. The number of hydrogen-bond acceptors (Lipinski definition) is 0. The number of allylic oxidation sites excluding steroid dienone is 2. The molecule has 7 rings (SSSR count). The maximum absolute atomic E-state index is 3.79. The van der Waals surface area contributed by atoms with Crippen molar-refractivity contribution in [3.05, 3.63) is 155 Å². The van der Waals surface area contributed by atoms with Gasteiger partial charge in [-0.05, 0) is 0 Å². The van der Waals surface area contributed by atoms with Crippen molar-refractivity contribution >= 4 is 43.8 Å². The van der Waals surface area contributed by atoms with E-state index in [1.165, 1.54) is 44.5 Å². The summed E-state index contributed by atoms with van der Waals surface area (Å²) < 4.78 is 6.47. The average molecular weight is 739 g/mol. The normalized spacial score (nSPS) is 16.9. The molecule has 5 aromatic carbocycles. The second kappa shape index (κ2) is 13.0. The van der Waals surface area contributed by atoms with E-state index in [0.717, 1.165) is 0 Å². The molecule has 2 unspecified atom stereocenters. The topological polar surface area (TPSA) is 0 Å². The average Bonchev–Trinajstić information content (AvgIpc) is 3.62. The summed E-state index contributed by atoms with van der Waals surface area (Å²) in [5.41, 5.74) is 17.2. The van der Waals surface area contributed by atoms with Crippen molar-refractivity contribution in [2.75, 3.05) is 0 Å². The molecule has 0 radical (unpaired) electrons. The van der Waals surface area contributed by atoms with Gasteiger partial charge in [-0.15, -0.1) is 24.8 Å². The third kappa shape index (κ3) is 5.71. The molecule has 0 amide bonds. The van der Waals surface area contributed by atoms with Crippen LogP contribution in [0, 0.1) is 5.92 Å². The second-order valence-electron chi connectivity index (χ2n) is 14.4. The second-order valence-corrected chi connectivity index (χ2v) is 44.9. The van der Waals surface area contributed by atoms with Crippen molar-refractivity contribution in [1.82, 2.24) is 0 Å². The zero-order valence-electron chi connectivity index (χ0n) is 27.5. The van der Waals surface area contributed by atoms with Crippen LogP contribution in [-0.4, -0.2) is 6.88 Å². The van der Waals surface area contributed by atoms with Gasteiger partial charge < -0.3 is 0 Å². The molecule has 0 aliphatic heterocycles. The van der Waals surface area contributed by atoms with Gasteiger partial charge in [-0.3, -0.25) is 0 Å². The number of benzene rings is 5. The molecular weight excluding hydrogens is 695 g/mol. The van der Waals surface area contributed by atoms with Gasteiger partial charge in [0.15, 0.2) is 0 Å². The first-order valence-electron chi connectivity index (χ1n) is 16.1. The molecule has 0 saturated heterocycles. The summed E-state index contributed by atoms with van der Waals surface area (Å²) in [6.45, 7) is 9.70. The van der Waals surface area contributed by atoms with Crippen molar-refractivity contribution in [1.29, 1.82) is 0 Å². The fraction of sp³-hybridized carbons (Fsp3) is 0.190. The minimum absolute atomic E-state index is 0. The van der Waals surface area contributed by atoms with E-state index in [1.807, 2.05) is 0 Å². The van der Waals surface area contributed by atoms with Crippen molar-refractivity contribution in [2.45, 2.75) is 37.3 Å². The Bertz CT molecular complexity index is 2020. The summed E-state index contributed by atoms with van der Waals surface area (Å²) in [5.74, 6) is 0.489. The number of rotatable bonds is 6. The molecule has 46 heavy (non-hydrogen) atoms. The van der Waals surface area contributed by atoms with E-state index in [1.54, 1.807) is 22.3 Å². The molecule has 2 aliphatic carbocycles. The Kier molecular flexibility index (Phi) is 9.81. The number of fused-ring (bicyclic) bond motifs is 2. The molecule has 2 atom stereocenters. The molecule has 2 aliphatic rings. The number of hydrogen-bond donors (Lipinski definition) is 0. The predicted molar refractivity (Wildman–Crippen MR) is 206 cm³/mol. The molecule has 0 bridgehead atoms. The molecule has 0 nitrogen and oxygen atoms in total. The van der Waals surface area contributed by atoms with E-state index in [4.69, 9.17) is 0 Å². The summed E-state index contributed by atoms with van der Waals surface area (Å²) in [4.78, 5) is 0. The summed E-state index contributed by atoms with van der Waals surface area (Å²) in [5, 5.41) is 0. The Hall–Kier alpha value is -2.74. The molecular formula is C42H44Cl2SiZr. The zero-order valence-corrected chi connectivity index (χ0v) is 33.0. The maximum Gasteiger partial charge on any atom is -0.147 e. The molecule has 5 aromatic rings. The van der Waals surface area contributed by atoms with Gasteiger partial charge in [-0.25, -0.2) is 0 Å². The van der Waals surface area contributed by atoms with Crippen LogP contribution in [0.15, 0.2) is 132 Å². The van der Waals surface area contributed by atoms with E-state index in [9.17, 15) is 0 Å². The Morgan fingerprint density at radius 1 is 0.543 bits per heavy atom. The number of halogens is 2. The Morgan fingerprint density at radius 2 is 1.02 bits per heavy atom. The molecule has 0 aromatic heterocycles. The van der Waals surface area contributed by atoms with Crippen LogP contribution in [0.5, 0.6) is 0 Å². The standard InChI is InChI=1S/C22H17.C18H17.2CH3.2ClH.H2Si.Zr/c1-16-14-21-19(17-8-4-2-5-9-17)12-13-20(22(21)15-16)18-10-6-3-7-11-18;1-13(2)16-11-15-9-6-10-17(18(15)12-16)14-7-4-3-5-8-14;;;;;;/h2-15H,1H3;3-13H,1-2H3;2*1H3;2*1H;1H2;. The van der Waals surface area contributed by atoms with Gasteiger partial charge in [-0.2, -0.15) is 0 Å². The molecule has 4 heteroatoms. The minimum Gasteiger partial charge on any atom is -0.147 e. The summed E-state index contributed by atoms with van der Waals surface area (Å²) >= 11 is -3.79. The van der Waals surface area contributed by atoms with E-state index in [0.29, 0.717) is 13.2 Å². The summed E-state index contributed by atoms with van der Waals surface area (Å²) in [7, 11) is 0. The Morgan fingerprint density at radius 3 is 1.54 bits per heavy atom. The maximum atomic E-state index is 2.77. The zero-order chi connectivity index (χ0) is 30.7.